The van der Waals surface area contributed by atoms with Crippen molar-refractivity contribution in [1.82, 2.24) is 19.7 Å². The fourth-order valence-electron chi connectivity index (χ4n) is 3.30. The van der Waals surface area contributed by atoms with Crippen molar-refractivity contribution in [3.63, 3.8) is 0 Å². The van der Waals surface area contributed by atoms with Crippen LogP contribution >= 0.6 is 11.6 Å². The van der Waals surface area contributed by atoms with Gasteiger partial charge < -0.3 is 9.88 Å². The molecular formula is C17H17ClN4O. The van der Waals surface area contributed by atoms with Crippen molar-refractivity contribution in [1.29, 1.82) is 0 Å². The minimum atomic E-state index is 0.0652. The Balaban J connectivity index is 1.60. The minimum Gasteiger partial charge on any atom is -0.360 e. The molecule has 1 saturated heterocycles. The summed E-state index contributed by atoms with van der Waals surface area (Å²) in [6.45, 7) is 1.48. The number of aromatic amines is 1. The number of piperidine rings is 1. The van der Waals surface area contributed by atoms with Crippen LogP contribution in [0.3, 0.4) is 0 Å². The standard InChI is InChI=1S/C17H17ClN4O/c18-12-4-5-14-15(10-19-16(14)9-12)17(23)21-7-1-3-13(11-21)22-8-2-6-20-22/h2,4-6,8-10,13,19H,1,3,7,11H2. The number of carbonyl (C=O) groups excluding carboxylic acids is 1. The molecule has 23 heavy (non-hydrogen) atoms. The van der Waals surface area contributed by atoms with Crippen molar-refractivity contribution in [3.8, 4) is 0 Å². The second kappa shape index (κ2) is 5.74. The van der Waals surface area contributed by atoms with Crippen molar-refractivity contribution < 1.29 is 4.79 Å². The van der Waals surface area contributed by atoms with Gasteiger partial charge in [0.1, 0.15) is 0 Å². The molecule has 2 aromatic heterocycles. The highest BCUT2D eigenvalue weighted by atomic mass is 35.5. The van der Waals surface area contributed by atoms with Gasteiger partial charge in [-0.25, -0.2) is 0 Å². The first kappa shape index (κ1) is 14.3. The number of nitrogens with one attached hydrogen (secondary N) is 1. The zero-order chi connectivity index (χ0) is 15.8. The predicted molar refractivity (Wildman–Crippen MR) is 89.7 cm³/mol. The Kier molecular flexibility index (Phi) is 3.58. The Morgan fingerprint density at radius 3 is 3.13 bits per heavy atom. The molecule has 0 saturated carbocycles. The fraction of sp³-hybridized carbons (Fsp3) is 0.294. The average Bonchev–Trinajstić information content (AvgIpc) is 3.23. The molecule has 1 aliphatic rings. The third kappa shape index (κ3) is 2.61. The lowest BCUT2D eigenvalue weighted by Gasteiger charge is -2.32. The molecule has 5 nitrogen and oxygen atoms in total. The van der Waals surface area contributed by atoms with E-state index in [1.807, 2.05) is 40.0 Å². The van der Waals surface area contributed by atoms with E-state index >= 15 is 0 Å². The molecule has 0 aliphatic carbocycles. The van der Waals surface area contributed by atoms with Crippen molar-refractivity contribution >= 4 is 28.4 Å². The topological polar surface area (TPSA) is 53.9 Å². The highest BCUT2D eigenvalue weighted by molar-refractivity contribution is 6.31. The molecule has 6 heteroatoms. The molecule has 1 aliphatic heterocycles. The fourth-order valence-corrected chi connectivity index (χ4v) is 3.47. The smallest absolute Gasteiger partial charge is 0.256 e. The molecule has 1 fully saturated rings. The van der Waals surface area contributed by atoms with Gasteiger partial charge in [0, 0.05) is 47.6 Å². The maximum atomic E-state index is 12.9. The Hall–Kier alpha value is -2.27. The summed E-state index contributed by atoms with van der Waals surface area (Å²) in [5, 5.41) is 5.89. The lowest BCUT2D eigenvalue weighted by Crippen LogP contribution is -2.40. The molecule has 1 aromatic carbocycles. The molecule has 3 heterocycles. The normalized spacial score (nSPS) is 18.5. The summed E-state index contributed by atoms with van der Waals surface area (Å²) in [6, 6.07) is 7.73. The molecule has 4 rings (SSSR count). The number of benzene rings is 1. The van der Waals surface area contributed by atoms with E-state index in [1.54, 1.807) is 12.4 Å². The molecule has 0 spiro atoms. The monoisotopic (exact) mass is 328 g/mol. The molecule has 1 N–H and O–H groups in total. The van der Waals surface area contributed by atoms with E-state index in [2.05, 4.69) is 10.1 Å². The lowest BCUT2D eigenvalue weighted by atomic mass is 10.0. The summed E-state index contributed by atoms with van der Waals surface area (Å²) in [6.07, 6.45) is 7.57. The van der Waals surface area contributed by atoms with E-state index in [0.29, 0.717) is 17.1 Å². The number of halogens is 1. The molecule has 0 radical (unpaired) electrons. The number of amides is 1. The van der Waals surface area contributed by atoms with Crippen molar-refractivity contribution in [2.75, 3.05) is 13.1 Å². The van der Waals surface area contributed by atoms with Crippen LogP contribution < -0.4 is 0 Å². The van der Waals surface area contributed by atoms with E-state index in [-0.39, 0.29) is 11.9 Å². The number of hydrogen-bond acceptors (Lipinski definition) is 2. The quantitative estimate of drug-likeness (QED) is 0.782. The molecular weight excluding hydrogens is 312 g/mol. The van der Waals surface area contributed by atoms with Gasteiger partial charge in [-0.1, -0.05) is 17.7 Å². The second-order valence-corrected chi connectivity index (χ2v) is 6.36. The SMILES string of the molecule is O=C(c1c[nH]c2cc(Cl)ccc12)N1CCCC(n2cccn2)C1. The van der Waals surface area contributed by atoms with Gasteiger partial charge in [-0.05, 0) is 31.0 Å². The number of carbonyl (C=O) groups is 1. The van der Waals surface area contributed by atoms with Crippen LogP contribution in [0.25, 0.3) is 10.9 Å². The van der Waals surface area contributed by atoms with Gasteiger partial charge >= 0.3 is 0 Å². The van der Waals surface area contributed by atoms with E-state index < -0.39 is 0 Å². The third-order valence-corrected chi connectivity index (χ3v) is 4.69. The summed E-state index contributed by atoms with van der Waals surface area (Å²) in [4.78, 5) is 18.0. The lowest BCUT2D eigenvalue weighted by molar-refractivity contribution is 0.0675. The Labute approximate surface area is 138 Å². The Morgan fingerprint density at radius 1 is 1.39 bits per heavy atom. The summed E-state index contributed by atoms with van der Waals surface area (Å²) in [5.41, 5.74) is 1.60. The zero-order valence-electron chi connectivity index (χ0n) is 12.6. The number of rotatable bonds is 2. The highest BCUT2D eigenvalue weighted by Crippen LogP contribution is 2.26. The van der Waals surface area contributed by atoms with Crippen LogP contribution in [0.4, 0.5) is 0 Å². The molecule has 1 atom stereocenters. The van der Waals surface area contributed by atoms with Gasteiger partial charge in [0.15, 0.2) is 0 Å². The Morgan fingerprint density at radius 2 is 2.30 bits per heavy atom. The maximum absolute atomic E-state index is 12.9. The molecule has 1 unspecified atom stereocenters. The number of likely N-dealkylation sites (tertiary alicyclic amines) is 1. The number of hydrogen-bond donors (Lipinski definition) is 1. The van der Waals surface area contributed by atoms with Crippen LogP contribution in [0.5, 0.6) is 0 Å². The summed E-state index contributed by atoms with van der Waals surface area (Å²) < 4.78 is 1.95. The molecule has 3 aromatic rings. The van der Waals surface area contributed by atoms with E-state index in [9.17, 15) is 4.79 Å². The number of nitrogens with zero attached hydrogens (tertiary/aromatic N) is 3. The molecule has 118 valence electrons. The van der Waals surface area contributed by atoms with Crippen molar-refractivity contribution in [3.05, 3.63) is 53.4 Å². The first-order valence-corrected chi connectivity index (χ1v) is 8.15. The van der Waals surface area contributed by atoms with Gasteiger partial charge in [-0.3, -0.25) is 9.48 Å². The Bertz CT molecular complexity index is 840. The van der Waals surface area contributed by atoms with Gasteiger partial charge in [-0.2, -0.15) is 5.10 Å². The summed E-state index contributed by atoms with van der Waals surface area (Å²) in [7, 11) is 0. The van der Waals surface area contributed by atoms with Crippen LogP contribution in [0, 0.1) is 0 Å². The van der Waals surface area contributed by atoms with Gasteiger partial charge in [0.2, 0.25) is 0 Å². The summed E-state index contributed by atoms with van der Waals surface area (Å²) >= 11 is 6.01. The van der Waals surface area contributed by atoms with Gasteiger partial charge in [0.05, 0.1) is 11.6 Å². The van der Waals surface area contributed by atoms with E-state index in [0.717, 1.165) is 30.3 Å². The average molecular weight is 329 g/mol. The largest absolute Gasteiger partial charge is 0.360 e. The first-order valence-electron chi connectivity index (χ1n) is 7.77. The van der Waals surface area contributed by atoms with Crippen LogP contribution in [0.15, 0.2) is 42.9 Å². The van der Waals surface area contributed by atoms with Crippen LogP contribution in [0.1, 0.15) is 29.2 Å². The minimum absolute atomic E-state index is 0.0652. The van der Waals surface area contributed by atoms with Crippen LogP contribution in [-0.4, -0.2) is 38.7 Å². The molecule has 0 bridgehead atoms. The number of H-pyrrole nitrogens is 1. The molecule has 1 amide bonds. The van der Waals surface area contributed by atoms with Gasteiger partial charge in [0.25, 0.3) is 5.91 Å². The van der Waals surface area contributed by atoms with Gasteiger partial charge in [-0.15, -0.1) is 0 Å². The van der Waals surface area contributed by atoms with Crippen molar-refractivity contribution in [2.24, 2.45) is 0 Å². The second-order valence-electron chi connectivity index (χ2n) is 5.93. The first-order chi connectivity index (χ1) is 11.2. The maximum Gasteiger partial charge on any atom is 0.256 e. The van der Waals surface area contributed by atoms with Crippen LogP contribution in [0.2, 0.25) is 5.02 Å². The van der Waals surface area contributed by atoms with Crippen LogP contribution in [-0.2, 0) is 0 Å². The van der Waals surface area contributed by atoms with Crippen molar-refractivity contribution in [2.45, 2.75) is 18.9 Å². The third-order valence-electron chi connectivity index (χ3n) is 4.46. The number of aromatic nitrogens is 3. The predicted octanol–water partition coefficient (Wildman–Crippen LogP) is 3.50. The highest BCUT2D eigenvalue weighted by Gasteiger charge is 2.27. The zero-order valence-corrected chi connectivity index (χ0v) is 13.3. The number of fused-ring (bicyclic) bond motifs is 1. The summed E-state index contributed by atoms with van der Waals surface area (Å²) in [5.74, 6) is 0.0652. The van der Waals surface area contributed by atoms with E-state index in [1.165, 1.54) is 0 Å². The van der Waals surface area contributed by atoms with E-state index in [4.69, 9.17) is 11.6 Å².